The average molecular weight is 388 g/mol. The van der Waals surface area contributed by atoms with E-state index < -0.39 is 0 Å². The van der Waals surface area contributed by atoms with E-state index in [1.165, 1.54) is 11.3 Å². The summed E-state index contributed by atoms with van der Waals surface area (Å²) in [5, 5.41) is 13.2. The highest BCUT2D eigenvalue weighted by atomic mass is 32.1. The lowest BCUT2D eigenvalue weighted by Crippen LogP contribution is -2.15. The maximum absolute atomic E-state index is 12.8. The molecule has 3 heterocycles. The largest absolute Gasteiger partial charge is 0.493 e. The predicted octanol–water partition coefficient (Wildman–Crippen LogP) is 3.15. The summed E-state index contributed by atoms with van der Waals surface area (Å²) in [6.07, 6.45) is 1.95. The Bertz CT molecular complexity index is 991. The van der Waals surface area contributed by atoms with Gasteiger partial charge < -0.3 is 18.8 Å². The van der Waals surface area contributed by atoms with Crippen molar-refractivity contribution in [3.63, 3.8) is 0 Å². The first-order valence-corrected chi connectivity index (χ1v) is 9.40. The van der Waals surface area contributed by atoms with Crippen molar-refractivity contribution in [2.45, 2.75) is 18.9 Å². The lowest BCUT2D eigenvalue weighted by Gasteiger charge is -2.08. The highest BCUT2D eigenvalue weighted by Gasteiger charge is 2.23. The Balaban J connectivity index is 1.60. The van der Waals surface area contributed by atoms with Crippen LogP contribution in [0.15, 0.2) is 18.2 Å². The molecule has 27 heavy (non-hydrogen) atoms. The number of carbonyl (C=O) groups is 1. The first-order chi connectivity index (χ1) is 13.1. The molecule has 0 bridgehead atoms. The second kappa shape index (κ2) is 7.16. The molecule has 1 N–H and O–H groups in total. The van der Waals surface area contributed by atoms with E-state index in [0.717, 1.165) is 35.4 Å². The third kappa shape index (κ3) is 3.24. The molecule has 8 nitrogen and oxygen atoms in total. The molecule has 1 aliphatic rings. The molecule has 1 aliphatic heterocycles. The quantitative estimate of drug-likeness (QED) is 0.722. The molecule has 1 saturated heterocycles. The lowest BCUT2D eigenvalue weighted by molar-refractivity contribution is 0.101. The summed E-state index contributed by atoms with van der Waals surface area (Å²) in [5.74, 6) is 0.984. The number of rotatable bonds is 5. The summed E-state index contributed by atoms with van der Waals surface area (Å²) in [5.41, 5.74) is 1.38. The Hall–Kier alpha value is -2.65. The van der Waals surface area contributed by atoms with Gasteiger partial charge in [-0.3, -0.25) is 10.1 Å². The van der Waals surface area contributed by atoms with Gasteiger partial charge in [-0.2, -0.15) is 0 Å². The number of ether oxygens (including phenoxy) is 3. The standard InChI is InChI=1S/C18H20N4O4S/c1-22-11-9-15(25-3)14(24-2)8-10(11)7-12(22)16(23)19-18-21-20-17(27-18)13-5-4-6-26-13/h7-9,13H,4-6H2,1-3H3,(H,19,21,23)/t13-/m0/s1. The molecule has 0 radical (unpaired) electrons. The highest BCUT2D eigenvalue weighted by Crippen LogP contribution is 2.34. The van der Waals surface area contributed by atoms with Crippen LogP contribution in [0.4, 0.5) is 5.13 Å². The summed E-state index contributed by atoms with van der Waals surface area (Å²) in [7, 11) is 5.00. The van der Waals surface area contributed by atoms with Crippen LogP contribution in [0.2, 0.25) is 0 Å². The van der Waals surface area contributed by atoms with Crippen molar-refractivity contribution in [1.29, 1.82) is 0 Å². The number of aromatic nitrogens is 3. The zero-order chi connectivity index (χ0) is 19.0. The molecule has 3 aromatic rings. The maximum atomic E-state index is 12.8. The van der Waals surface area contributed by atoms with E-state index in [1.54, 1.807) is 14.2 Å². The molecule has 1 amide bonds. The van der Waals surface area contributed by atoms with Gasteiger partial charge in [-0.1, -0.05) is 11.3 Å². The summed E-state index contributed by atoms with van der Waals surface area (Å²) >= 11 is 1.35. The van der Waals surface area contributed by atoms with Crippen molar-refractivity contribution in [3.8, 4) is 11.5 Å². The summed E-state index contributed by atoms with van der Waals surface area (Å²) in [4.78, 5) is 12.8. The van der Waals surface area contributed by atoms with Crippen molar-refractivity contribution >= 4 is 33.3 Å². The molecule has 142 valence electrons. The third-order valence-electron chi connectivity index (χ3n) is 4.65. The number of fused-ring (bicyclic) bond motifs is 1. The number of nitrogens with zero attached hydrogens (tertiary/aromatic N) is 3. The van der Waals surface area contributed by atoms with Gasteiger partial charge in [-0.05, 0) is 25.0 Å². The maximum Gasteiger partial charge on any atom is 0.274 e. The van der Waals surface area contributed by atoms with E-state index in [9.17, 15) is 4.79 Å². The van der Waals surface area contributed by atoms with E-state index in [0.29, 0.717) is 22.3 Å². The third-order valence-corrected chi connectivity index (χ3v) is 5.58. The van der Waals surface area contributed by atoms with E-state index in [2.05, 4.69) is 15.5 Å². The second-order valence-electron chi connectivity index (χ2n) is 6.26. The van der Waals surface area contributed by atoms with Crippen molar-refractivity contribution < 1.29 is 19.0 Å². The van der Waals surface area contributed by atoms with Crippen LogP contribution < -0.4 is 14.8 Å². The Kier molecular flexibility index (Phi) is 4.71. The van der Waals surface area contributed by atoms with Crippen LogP contribution in [0.1, 0.15) is 34.4 Å². The van der Waals surface area contributed by atoms with E-state index in [4.69, 9.17) is 14.2 Å². The Morgan fingerprint density at radius 3 is 2.74 bits per heavy atom. The van der Waals surface area contributed by atoms with Crippen LogP contribution in [-0.2, 0) is 11.8 Å². The zero-order valence-corrected chi connectivity index (χ0v) is 16.1. The van der Waals surface area contributed by atoms with Crippen LogP contribution in [-0.4, -0.2) is 41.5 Å². The first kappa shape index (κ1) is 17.7. The second-order valence-corrected chi connectivity index (χ2v) is 7.26. The minimum atomic E-state index is -0.248. The number of amides is 1. The molecule has 0 unspecified atom stereocenters. The molecular weight excluding hydrogens is 368 g/mol. The molecule has 9 heteroatoms. The molecular formula is C18H20N4O4S. The molecule has 0 aliphatic carbocycles. The van der Waals surface area contributed by atoms with Crippen molar-refractivity contribution in [1.82, 2.24) is 14.8 Å². The van der Waals surface area contributed by atoms with Crippen molar-refractivity contribution in [2.24, 2.45) is 7.05 Å². The fourth-order valence-corrected chi connectivity index (χ4v) is 4.05. The Morgan fingerprint density at radius 2 is 2.04 bits per heavy atom. The molecule has 0 spiro atoms. The summed E-state index contributed by atoms with van der Waals surface area (Å²) < 4.78 is 18.1. The van der Waals surface area contributed by atoms with E-state index in [1.807, 2.05) is 29.8 Å². The topological polar surface area (TPSA) is 87.5 Å². The van der Waals surface area contributed by atoms with Crippen molar-refractivity contribution in [2.75, 3.05) is 26.1 Å². The van der Waals surface area contributed by atoms with Gasteiger partial charge in [0.2, 0.25) is 5.13 Å². The fraction of sp³-hybridized carbons (Fsp3) is 0.389. The van der Waals surface area contributed by atoms with Gasteiger partial charge in [0.15, 0.2) is 11.5 Å². The van der Waals surface area contributed by atoms with Crippen molar-refractivity contribution in [3.05, 3.63) is 28.9 Å². The number of nitrogens with one attached hydrogen (secondary N) is 1. The first-order valence-electron chi connectivity index (χ1n) is 8.58. The number of hydrogen-bond acceptors (Lipinski definition) is 7. The van der Waals surface area contributed by atoms with Crippen LogP contribution in [0.5, 0.6) is 11.5 Å². The Labute approximate surface area is 160 Å². The number of aryl methyl sites for hydroxylation is 1. The molecule has 1 aromatic carbocycles. The van der Waals surface area contributed by atoms with Gasteiger partial charge in [-0.15, -0.1) is 10.2 Å². The predicted molar refractivity (Wildman–Crippen MR) is 102 cm³/mol. The smallest absolute Gasteiger partial charge is 0.274 e. The molecule has 1 atom stereocenters. The SMILES string of the molecule is COc1cc2cc(C(=O)Nc3nnc([C@@H]4CCCO4)s3)n(C)c2cc1OC. The normalized spacial score (nSPS) is 16.6. The van der Waals surface area contributed by atoms with Gasteiger partial charge in [0.1, 0.15) is 16.8 Å². The van der Waals surface area contributed by atoms with E-state index >= 15 is 0 Å². The Morgan fingerprint density at radius 1 is 1.26 bits per heavy atom. The summed E-state index contributed by atoms with van der Waals surface area (Å²) in [6, 6.07) is 5.52. The minimum Gasteiger partial charge on any atom is -0.493 e. The summed E-state index contributed by atoms with van der Waals surface area (Å²) in [6.45, 7) is 0.745. The van der Waals surface area contributed by atoms with Gasteiger partial charge in [0, 0.05) is 25.1 Å². The minimum absolute atomic E-state index is 0.00861. The highest BCUT2D eigenvalue weighted by molar-refractivity contribution is 7.15. The number of hydrogen-bond donors (Lipinski definition) is 1. The number of methoxy groups -OCH3 is 2. The number of carbonyl (C=O) groups excluding carboxylic acids is 1. The van der Waals surface area contributed by atoms with Crippen LogP contribution in [0.3, 0.4) is 0 Å². The van der Waals surface area contributed by atoms with Crippen LogP contribution >= 0.6 is 11.3 Å². The van der Waals surface area contributed by atoms with Gasteiger partial charge in [-0.25, -0.2) is 0 Å². The zero-order valence-electron chi connectivity index (χ0n) is 15.3. The van der Waals surface area contributed by atoms with Gasteiger partial charge in [0.05, 0.1) is 19.7 Å². The molecule has 1 fully saturated rings. The van der Waals surface area contributed by atoms with Gasteiger partial charge >= 0.3 is 0 Å². The van der Waals surface area contributed by atoms with Gasteiger partial charge in [0.25, 0.3) is 5.91 Å². The van der Waals surface area contributed by atoms with Crippen LogP contribution in [0, 0.1) is 0 Å². The molecule has 2 aromatic heterocycles. The number of benzene rings is 1. The monoisotopic (exact) mass is 388 g/mol. The fourth-order valence-electron chi connectivity index (χ4n) is 3.23. The average Bonchev–Trinajstić information content (AvgIpc) is 3.41. The lowest BCUT2D eigenvalue weighted by atomic mass is 10.2. The number of anilines is 1. The van der Waals surface area contributed by atoms with Crippen LogP contribution in [0.25, 0.3) is 10.9 Å². The molecule has 4 rings (SSSR count). The molecule has 0 saturated carbocycles. The van der Waals surface area contributed by atoms with E-state index in [-0.39, 0.29) is 12.0 Å².